The zero-order chi connectivity index (χ0) is 13.7. The number of esters is 1. The van der Waals surface area contributed by atoms with Gasteiger partial charge in [0, 0.05) is 18.4 Å². The van der Waals surface area contributed by atoms with E-state index in [4.69, 9.17) is 5.73 Å². The molecule has 0 radical (unpaired) electrons. The van der Waals surface area contributed by atoms with Crippen LogP contribution in [-0.2, 0) is 14.9 Å². The third-order valence-corrected chi connectivity index (χ3v) is 3.45. The summed E-state index contributed by atoms with van der Waals surface area (Å²) in [5, 5.41) is 0. The number of fused-ring (bicyclic) bond motifs is 1. The van der Waals surface area contributed by atoms with Gasteiger partial charge in [0.25, 0.3) is 0 Å². The first-order valence-electron chi connectivity index (χ1n) is 5.61. The number of rotatable bonds is 1. The van der Waals surface area contributed by atoms with Crippen LogP contribution in [0.3, 0.4) is 0 Å². The minimum atomic E-state index is -0.618. The smallest absolute Gasteiger partial charge is 0.340 e. The molecule has 0 unspecified atom stereocenters. The number of nitrogens with zero attached hydrogens (tertiary/aromatic N) is 1. The van der Waals surface area contributed by atoms with Crippen LogP contribution in [0, 0.1) is 0 Å². The van der Waals surface area contributed by atoms with Crippen LogP contribution in [-0.4, -0.2) is 26.0 Å². The Balaban J connectivity index is 0.00000180. The molecule has 1 aliphatic heterocycles. The van der Waals surface area contributed by atoms with Gasteiger partial charge in [0.15, 0.2) is 0 Å². The molecule has 0 saturated heterocycles. The van der Waals surface area contributed by atoms with Gasteiger partial charge in [0.1, 0.15) is 0 Å². The monoisotopic (exact) mass is 284 g/mol. The van der Waals surface area contributed by atoms with Gasteiger partial charge in [-0.3, -0.25) is 4.79 Å². The van der Waals surface area contributed by atoms with Crippen LogP contribution in [0.4, 0.5) is 11.4 Å². The zero-order valence-electron chi connectivity index (χ0n) is 11.3. The van der Waals surface area contributed by atoms with Crippen molar-refractivity contribution in [2.75, 3.05) is 24.8 Å². The third-order valence-electron chi connectivity index (χ3n) is 3.45. The van der Waals surface area contributed by atoms with Crippen molar-refractivity contribution in [3.8, 4) is 0 Å². The maximum absolute atomic E-state index is 12.1. The molecule has 0 aromatic heterocycles. The zero-order valence-corrected chi connectivity index (χ0v) is 12.1. The SMILES string of the molecule is COC(=O)c1cc2c(cc1N)C(C)(C)C(=O)N2C.Cl. The number of nitrogens with two attached hydrogens (primary N) is 1. The fourth-order valence-corrected chi connectivity index (χ4v) is 2.31. The van der Waals surface area contributed by atoms with Gasteiger partial charge in [-0.1, -0.05) is 0 Å². The van der Waals surface area contributed by atoms with Gasteiger partial charge < -0.3 is 15.4 Å². The van der Waals surface area contributed by atoms with Crippen LogP contribution in [0.15, 0.2) is 12.1 Å². The van der Waals surface area contributed by atoms with E-state index in [1.807, 2.05) is 13.8 Å². The maximum atomic E-state index is 12.1. The molecule has 1 amide bonds. The van der Waals surface area contributed by atoms with Crippen molar-refractivity contribution in [3.05, 3.63) is 23.3 Å². The Hall–Kier alpha value is -1.75. The van der Waals surface area contributed by atoms with E-state index < -0.39 is 11.4 Å². The average molecular weight is 285 g/mol. The molecule has 1 aromatic rings. The molecule has 5 nitrogen and oxygen atoms in total. The lowest BCUT2D eigenvalue weighted by Gasteiger charge is -2.16. The van der Waals surface area contributed by atoms with Gasteiger partial charge in [0.05, 0.1) is 18.1 Å². The molecule has 0 fully saturated rings. The lowest BCUT2D eigenvalue weighted by Crippen LogP contribution is -2.33. The second-order valence-corrected chi connectivity index (χ2v) is 4.94. The van der Waals surface area contributed by atoms with E-state index in [-0.39, 0.29) is 23.9 Å². The van der Waals surface area contributed by atoms with Crippen LogP contribution in [0.25, 0.3) is 0 Å². The van der Waals surface area contributed by atoms with Crippen molar-refractivity contribution in [2.24, 2.45) is 0 Å². The molecule has 0 saturated carbocycles. The summed E-state index contributed by atoms with van der Waals surface area (Å²) in [5.41, 5.74) is 7.39. The number of nitrogen functional groups attached to an aromatic ring is 1. The molecule has 0 bridgehead atoms. The Kier molecular flexibility index (Phi) is 3.82. The molecular formula is C13H17ClN2O3. The normalized spacial score (nSPS) is 15.8. The van der Waals surface area contributed by atoms with Gasteiger partial charge in [-0.25, -0.2) is 4.79 Å². The minimum Gasteiger partial charge on any atom is -0.465 e. The van der Waals surface area contributed by atoms with E-state index in [0.717, 1.165) is 5.56 Å². The molecule has 0 atom stereocenters. The number of ether oxygens (including phenoxy) is 1. The number of halogens is 1. The van der Waals surface area contributed by atoms with E-state index in [1.165, 1.54) is 7.11 Å². The summed E-state index contributed by atoms with van der Waals surface area (Å²) in [6, 6.07) is 3.30. The number of hydrogen-bond donors (Lipinski definition) is 1. The molecule has 1 heterocycles. The molecule has 2 N–H and O–H groups in total. The molecule has 104 valence electrons. The number of carbonyl (C=O) groups excluding carboxylic acids is 2. The van der Waals surface area contributed by atoms with E-state index in [2.05, 4.69) is 4.74 Å². The van der Waals surface area contributed by atoms with Crippen LogP contribution in [0.5, 0.6) is 0 Å². The van der Waals surface area contributed by atoms with E-state index in [9.17, 15) is 9.59 Å². The molecule has 1 aromatic carbocycles. The lowest BCUT2D eigenvalue weighted by molar-refractivity contribution is -0.121. The number of carbonyl (C=O) groups is 2. The highest BCUT2D eigenvalue weighted by molar-refractivity contribution is 6.09. The largest absolute Gasteiger partial charge is 0.465 e. The average Bonchev–Trinajstić information content (AvgIpc) is 2.49. The summed E-state index contributed by atoms with van der Waals surface area (Å²) in [7, 11) is 2.99. The topological polar surface area (TPSA) is 72.6 Å². The van der Waals surface area contributed by atoms with Crippen molar-refractivity contribution in [3.63, 3.8) is 0 Å². The second-order valence-electron chi connectivity index (χ2n) is 4.94. The third kappa shape index (κ3) is 2.04. The fourth-order valence-electron chi connectivity index (χ4n) is 2.31. The highest BCUT2D eigenvalue weighted by Crippen LogP contribution is 2.42. The molecule has 19 heavy (non-hydrogen) atoms. The van der Waals surface area contributed by atoms with Crippen molar-refractivity contribution < 1.29 is 14.3 Å². The van der Waals surface area contributed by atoms with Crippen molar-refractivity contribution in [1.29, 1.82) is 0 Å². The van der Waals surface area contributed by atoms with Gasteiger partial charge in [0.2, 0.25) is 5.91 Å². The standard InChI is InChI=1S/C13H16N2O3.ClH/c1-13(2)8-6-9(14)7(11(16)18-4)5-10(8)15(3)12(13)17;/h5-6H,14H2,1-4H3;1H. The van der Waals surface area contributed by atoms with Crippen LogP contribution in [0.2, 0.25) is 0 Å². The Morgan fingerprint density at radius 2 is 1.95 bits per heavy atom. The van der Waals surface area contributed by atoms with E-state index in [1.54, 1.807) is 24.1 Å². The summed E-state index contributed by atoms with van der Waals surface area (Å²) in [6.45, 7) is 3.68. The van der Waals surface area contributed by atoms with Crippen molar-refractivity contribution in [2.45, 2.75) is 19.3 Å². The van der Waals surface area contributed by atoms with Crippen LogP contribution < -0.4 is 10.6 Å². The Morgan fingerprint density at radius 1 is 1.37 bits per heavy atom. The molecule has 0 aliphatic carbocycles. The predicted octanol–water partition coefficient (Wildman–Crippen LogP) is 1.73. The van der Waals surface area contributed by atoms with Crippen molar-refractivity contribution >= 4 is 35.7 Å². The van der Waals surface area contributed by atoms with E-state index >= 15 is 0 Å². The fraction of sp³-hybridized carbons (Fsp3) is 0.385. The van der Waals surface area contributed by atoms with Crippen molar-refractivity contribution in [1.82, 2.24) is 0 Å². The Morgan fingerprint density at radius 3 is 2.47 bits per heavy atom. The summed E-state index contributed by atoms with van der Waals surface area (Å²) >= 11 is 0. The summed E-state index contributed by atoms with van der Waals surface area (Å²) in [4.78, 5) is 25.2. The first kappa shape index (κ1) is 15.3. The van der Waals surface area contributed by atoms with Gasteiger partial charge in [-0.2, -0.15) is 0 Å². The Labute approximate surface area is 118 Å². The predicted molar refractivity (Wildman–Crippen MR) is 75.9 cm³/mol. The quantitative estimate of drug-likeness (QED) is 0.630. The van der Waals surface area contributed by atoms with Gasteiger partial charge in [-0.05, 0) is 31.5 Å². The molecular weight excluding hydrogens is 268 g/mol. The van der Waals surface area contributed by atoms with Crippen LogP contribution >= 0.6 is 12.4 Å². The van der Waals surface area contributed by atoms with E-state index in [0.29, 0.717) is 11.4 Å². The summed E-state index contributed by atoms with van der Waals surface area (Å²) in [6.07, 6.45) is 0. The first-order valence-corrected chi connectivity index (χ1v) is 5.61. The number of methoxy groups -OCH3 is 1. The first-order chi connectivity index (χ1) is 8.30. The highest BCUT2D eigenvalue weighted by Gasteiger charge is 2.42. The summed E-state index contributed by atoms with van der Waals surface area (Å²) in [5.74, 6) is -0.514. The minimum absolute atomic E-state index is 0. The molecule has 1 aliphatic rings. The highest BCUT2D eigenvalue weighted by atomic mass is 35.5. The Bertz CT molecular complexity index is 555. The maximum Gasteiger partial charge on any atom is 0.340 e. The van der Waals surface area contributed by atoms with Gasteiger partial charge in [-0.15, -0.1) is 12.4 Å². The van der Waals surface area contributed by atoms with Crippen LogP contribution in [0.1, 0.15) is 29.8 Å². The molecule has 6 heteroatoms. The lowest BCUT2D eigenvalue weighted by atomic mass is 9.85. The molecule has 2 rings (SSSR count). The number of amides is 1. The number of likely N-dealkylation sites (N-methyl/N-ethyl adjacent to an activating group) is 1. The molecule has 0 spiro atoms. The number of benzene rings is 1. The number of anilines is 2. The summed E-state index contributed by atoms with van der Waals surface area (Å²) < 4.78 is 4.67. The number of hydrogen-bond acceptors (Lipinski definition) is 4. The van der Waals surface area contributed by atoms with Gasteiger partial charge >= 0.3 is 5.97 Å². The second kappa shape index (κ2) is 4.74.